The first-order valence-electron chi connectivity index (χ1n) is 6.81. The van der Waals surface area contributed by atoms with Crippen LogP contribution < -0.4 is 5.32 Å². The number of likely N-dealkylation sites (N-methyl/N-ethyl adjacent to an activating group) is 1. The molecular weight excluding hydrogens is 242 g/mol. The maximum atomic E-state index is 11.0. The van der Waals surface area contributed by atoms with Crippen LogP contribution in [0, 0.1) is 0 Å². The van der Waals surface area contributed by atoms with Crippen LogP contribution in [-0.4, -0.2) is 47.1 Å². The summed E-state index contributed by atoms with van der Waals surface area (Å²) in [5.41, 5.74) is 0.681. The molecule has 2 rings (SSSR count). The Morgan fingerprint density at radius 3 is 2.95 bits per heavy atom. The predicted molar refractivity (Wildman–Crippen MR) is 74.6 cm³/mol. The van der Waals surface area contributed by atoms with Crippen molar-refractivity contribution in [3.05, 3.63) is 24.0 Å². The lowest BCUT2D eigenvalue weighted by Crippen LogP contribution is -2.33. The van der Waals surface area contributed by atoms with Crippen molar-refractivity contribution in [1.29, 1.82) is 0 Å². The van der Waals surface area contributed by atoms with Gasteiger partial charge in [0.15, 0.2) is 5.69 Å². The molecule has 1 saturated carbocycles. The van der Waals surface area contributed by atoms with E-state index in [9.17, 15) is 4.79 Å². The Morgan fingerprint density at radius 2 is 2.26 bits per heavy atom. The summed E-state index contributed by atoms with van der Waals surface area (Å²) in [4.78, 5) is 17.3. The van der Waals surface area contributed by atoms with Crippen LogP contribution >= 0.6 is 0 Å². The average Bonchev–Trinajstić information content (AvgIpc) is 2.93. The van der Waals surface area contributed by atoms with Gasteiger partial charge in [-0.1, -0.05) is 12.8 Å². The van der Waals surface area contributed by atoms with Crippen LogP contribution in [0.2, 0.25) is 0 Å². The number of aromatic nitrogens is 1. The number of aromatic carboxylic acids is 1. The molecule has 1 fully saturated rings. The molecule has 0 atom stereocenters. The van der Waals surface area contributed by atoms with E-state index >= 15 is 0 Å². The van der Waals surface area contributed by atoms with Crippen molar-refractivity contribution in [2.45, 2.75) is 31.7 Å². The first kappa shape index (κ1) is 13.8. The van der Waals surface area contributed by atoms with E-state index in [0.717, 1.165) is 13.1 Å². The molecule has 1 aliphatic carbocycles. The molecule has 0 saturated heterocycles. The summed E-state index contributed by atoms with van der Waals surface area (Å²) in [7, 11) is 2.14. The molecule has 0 aliphatic heterocycles. The number of nitrogens with one attached hydrogen (secondary N) is 1. The van der Waals surface area contributed by atoms with Gasteiger partial charge in [0.1, 0.15) is 0 Å². The average molecular weight is 263 g/mol. The summed E-state index contributed by atoms with van der Waals surface area (Å²) in [5, 5.41) is 12.2. The summed E-state index contributed by atoms with van der Waals surface area (Å²) in [6.45, 7) is 1.65. The maximum absolute atomic E-state index is 11.0. The van der Waals surface area contributed by atoms with E-state index in [1.807, 2.05) is 0 Å². The zero-order chi connectivity index (χ0) is 13.7. The number of hydrogen-bond acceptors (Lipinski definition) is 4. The Labute approximate surface area is 113 Å². The molecular formula is C14H21N3O2. The molecule has 1 aliphatic rings. The number of anilines is 1. The number of carboxylic acid groups (broad SMARTS) is 1. The maximum Gasteiger partial charge on any atom is 0.356 e. The molecule has 5 heteroatoms. The van der Waals surface area contributed by atoms with Crippen LogP contribution in [0.1, 0.15) is 36.2 Å². The lowest BCUT2D eigenvalue weighted by atomic mass is 10.2. The van der Waals surface area contributed by atoms with E-state index in [1.54, 1.807) is 12.1 Å². The minimum atomic E-state index is -0.993. The second kappa shape index (κ2) is 6.52. The summed E-state index contributed by atoms with van der Waals surface area (Å²) >= 11 is 0. The van der Waals surface area contributed by atoms with Crippen molar-refractivity contribution >= 4 is 11.7 Å². The molecule has 0 aromatic carbocycles. The van der Waals surface area contributed by atoms with Gasteiger partial charge in [-0.05, 0) is 32.0 Å². The van der Waals surface area contributed by atoms with Gasteiger partial charge in [0, 0.05) is 25.3 Å². The van der Waals surface area contributed by atoms with Gasteiger partial charge in [0.05, 0.1) is 5.69 Å². The quantitative estimate of drug-likeness (QED) is 0.822. The van der Waals surface area contributed by atoms with Gasteiger partial charge in [0.25, 0.3) is 0 Å². The second-order valence-corrected chi connectivity index (χ2v) is 5.05. The van der Waals surface area contributed by atoms with Crippen molar-refractivity contribution in [3.63, 3.8) is 0 Å². The third kappa shape index (κ3) is 3.67. The molecule has 1 aromatic rings. The number of carbonyl (C=O) groups is 1. The minimum absolute atomic E-state index is 0.0889. The number of carboxylic acids is 1. The topological polar surface area (TPSA) is 65.5 Å². The van der Waals surface area contributed by atoms with Crippen molar-refractivity contribution in [2.75, 3.05) is 25.5 Å². The predicted octanol–water partition coefficient (Wildman–Crippen LogP) is 2.07. The Kier molecular flexibility index (Phi) is 4.74. The Hall–Kier alpha value is -1.62. The summed E-state index contributed by atoms with van der Waals surface area (Å²) in [5.74, 6) is -0.993. The van der Waals surface area contributed by atoms with Crippen LogP contribution in [0.25, 0.3) is 0 Å². The first-order chi connectivity index (χ1) is 9.18. The highest BCUT2D eigenvalue weighted by molar-refractivity contribution is 5.91. The number of rotatable bonds is 6. The smallest absolute Gasteiger partial charge is 0.356 e. The summed E-state index contributed by atoms with van der Waals surface area (Å²) in [6.07, 6.45) is 6.72. The van der Waals surface area contributed by atoms with E-state index < -0.39 is 5.97 Å². The number of pyridine rings is 1. The Balaban J connectivity index is 1.83. The van der Waals surface area contributed by atoms with Crippen LogP contribution in [-0.2, 0) is 0 Å². The standard InChI is InChI=1S/C14H21N3O2/c1-17(11-5-2-3-6-11)10-9-15-12-7-4-8-16-13(12)14(18)19/h4,7-8,11,15H,2-3,5-6,9-10H2,1H3,(H,18,19). The zero-order valence-corrected chi connectivity index (χ0v) is 11.3. The molecule has 0 unspecified atom stereocenters. The van der Waals surface area contributed by atoms with E-state index in [4.69, 9.17) is 5.11 Å². The van der Waals surface area contributed by atoms with E-state index in [-0.39, 0.29) is 5.69 Å². The monoisotopic (exact) mass is 263 g/mol. The van der Waals surface area contributed by atoms with Gasteiger partial charge in [-0.25, -0.2) is 9.78 Å². The fraction of sp³-hybridized carbons (Fsp3) is 0.571. The van der Waals surface area contributed by atoms with Crippen molar-refractivity contribution in [1.82, 2.24) is 9.88 Å². The third-order valence-electron chi connectivity index (χ3n) is 3.74. The molecule has 0 amide bonds. The van der Waals surface area contributed by atoms with E-state index in [1.165, 1.54) is 31.9 Å². The number of nitrogens with zero attached hydrogens (tertiary/aromatic N) is 2. The molecule has 0 bridgehead atoms. The first-order valence-corrected chi connectivity index (χ1v) is 6.81. The van der Waals surface area contributed by atoms with Gasteiger partial charge in [-0.3, -0.25) is 0 Å². The number of hydrogen-bond donors (Lipinski definition) is 2. The highest BCUT2D eigenvalue weighted by Crippen LogP contribution is 2.22. The fourth-order valence-corrected chi connectivity index (χ4v) is 2.61. The molecule has 2 N–H and O–H groups in total. The van der Waals surface area contributed by atoms with Crippen molar-refractivity contribution in [3.8, 4) is 0 Å². The van der Waals surface area contributed by atoms with Crippen LogP contribution in [0.3, 0.4) is 0 Å². The molecule has 1 heterocycles. The Bertz CT molecular complexity index is 430. The highest BCUT2D eigenvalue weighted by Gasteiger charge is 2.19. The summed E-state index contributed by atoms with van der Waals surface area (Å²) in [6, 6.07) is 4.19. The lowest BCUT2D eigenvalue weighted by Gasteiger charge is -2.24. The molecule has 104 valence electrons. The highest BCUT2D eigenvalue weighted by atomic mass is 16.4. The van der Waals surface area contributed by atoms with Crippen LogP contribution in [0.5, 0.6) is 0 Å². The zero-order valence-electron chi connectivity index (χ0n) is 11.3. The van der Waals surface area contributed by atoms with Crippen molar-refractivity contribution < 1.29 is 9.90 Å². The molecule has 19 heavy (non-hydrogen) atoms. The molecule has 5 nitrogen and oxygen atoms in total. The summed E-state index contributed by atoms with van der Waals surface area (Å²) < 4.78 is 0. The second-order valence-electron chi connectivity index (χ2n) is 5.05. The van der Waals surface area contributed by atoms with Crippen molar-refractivity contribution in [2.24, 2.45) is 0 Å². The SMILES string of the molecule is CN(CCNc1cccnc1C(=O)O)C1CCCC1. The third-order valence-corrected chi connectivity index (χ3v) is 3.74. The molecule has 0 radical (unpaired) electrons. The lowest BCUT2D eigenvalue weighted by molar-refractivity contribution is 0.0691. The van der Waals surface area contributed by atoms with E-state index in [0.29, 0.717) is 11.7 Å². The van der Waals surface area contributed by atoms with Gasteiger partial charge < -0.3 is 15.3 Å². The van der Waals surface area contributed by atoms with Gasteiger partial charge in [-0.2, -0.15) is 0 Å². The van der Waals surface area contributed by atoms with Gasteiger partial charge >= 0.3 is 5.97 Å². The molecule has 1 aromatic heterocycles. The van der Waals surface area contributed by atoms with E-state index in [2.05, 4.69) is 22.2 Å². The van der Waals surface area contributed by atoms with Gasteiger partial charge in [0.2, 0.25) is 0 Å². The fourth-order valence-electron chi connectivity index (χ4n) is 2.61. The molecule has 0 spiro atoms. The van der Waals surface area contributed by atoms with Crippen LogP contribution in [0.15, 0.2) is 18.3 Å². The van der Waals surface area contributed by atoms with Gasteiger partial charge in [-0.15, -0.1) is 0 Å². The minimum Gasteiger partial charge on any atom is -0.476 e. The normalized spacial score (nSPS) is 15.9. The van der Waals surface area contributed by atoms with Crippen LogP contribution in [0.4, 0.5) is 5.69 Å². The largest absolute Gasteiger partial charge is 0.476 e. The Morgan fingerprint density at radius 1 is 1.53 bits per heavy atom.